The predicted molar refractivity (Wildman–Crippen MR) is 120 cm³/mol. The minimum absolute atomic E-state index is 0.0683. The SMILES string of the molecule is O=C(CN1C(=O)C(=Cc2ccc(Cl)cc2)Sc2ccccc21)NCc1ccccn1. The summed E-state index contributed by atoms with van der Waals surface area (Å²) in [6, 6.07) is 20.4. The normalized spacial score (nSPS) is 14.5. The van der Waals surface area contributed by atoms with Crippen LogP contribution in [0.2, 0.25) is 5.02 Å². The van der Waals surface area contributed by atoms with Crippen molar-refractivity contribution in [2.75, 3.05) is 11.4 Å². The molecule has 1 aliphatic rings. The standard InChI is InChI=1S/C23H18ClN3O2S/c24-17-10-8-16(9-11-17)13-21-23(29)27(19-6-1-2-7-20(19)30-21)15-22(28)26-14-18-5-3-4-12-25-18/h1-13H,14-15H2,(H,26,28). The van der Waals surface area contributed by atoms with Crippen molar-refractivity contribution < 1.29 is 9.59 Å². The number of carbonyl (C=O) groups is 2. The third-order valence-corrected chi connectivity index (χ3v) is 5.82. The van der Waals surface area contributed by atoms with Crippen molar-refractivity contribution >= 4 is 46.9 Å². The van der Waals surface area contributed by atoms with Gasteiger partial charge in [-0.3, -0.25) is 19.5 Å². The van der Waals surface area contributed by atoms with E-state index in [1.54, 1.807) is 18.3 Å². The van der Waals surface area contributed by atoms with E-state index < -0.39 is 0 Å². The van der Waals surface area contributed by atoms with E-state index in [9.17, 15) is 9.59 Å². The summed E-state index contributed by atoms with van der Waals surface area (Å²) >= 11 is 7.35. The van der Waals surface area contributed by atoms with E-state index in [4.69, 9.17) is 11.6 Å². The van der Waals surface area contributed by atoms with E-state index in [1.807, 2.05) is 60.7 Å². The minimum atomic E-state index is -0.249. The van der Waals surface area contributed by atoms with Gasteiger partial charge in [-0.05, 0) is 48.0 Å². The molecule has 30 heavy (non-hydrogen) atoms. The van der Waals surface area contributed by atoms with Crippen LogP contribution in [0.1, 0.15) is 11.3 Å². The Hall–Kier alpha value is -3.09. The van der Waals surface area contributed by atoms with Gasteiger partial charge in [-0.1, -0.05) is 53.7 Å². The summed E-state index contributed by atoms with van der Waals surface area (Å²) < 4.78 is 0. The van der Waals surface area contributed by atoms with Crippen LogP contribution in [0.25, 0.3) is 6.08 Å². The van der Waals surface area contributed by atoms with Gasteiger partial charge in [0.2, 0.25) is 5.91 Å². The highest BCUT2D eigenvalue weighted by Crippen LogP contribution is 2.41. The fraction of sp³-hybridized carbons (Fsp3) is 0.0870. The number of anilines is 1. The molecule has 150 valence electrons. The molecule has 1 aliphatic heterocycles. The predicted octanol–water partition coefficient (Wildman–Crippen LogP) is 4.53. The van der Waals surface area contributed by atoms with Gasteiger partial charge in [-0.15, -0.1) is 0 Å². The molecule has 0 atom stereocenters. The maximum atomic E-state index is 13.2. The van der Waals surface area contributed by atoms with Gasteiger partial charge in [-0.2, -0.15) is 0 Å². The molecule has 2 amide bonds. The summed E-state index contributed by atoms with van der Waals surface area (Å²) in [6.45, 7) is 0.243. The molecule has 0 aliphatic carbocycles. The Morgan fingerprint density at radius 1 is 1.07 bits per heavy atom. The molecule has 7 heteroatoms. The Morgan fingerprint density at radius 3 is 2.60 bits per heavy atom. The second-order valence-corrected chi connectivity index (χ2v) is 8.14. The maximum Gasteiger partial charge on any atom is 0.265 e. The molecular formula is C23H18ClN3O2S. The summed E-state index contributed by atoms with van der Waals surface area (Å²) in [5.41, 5.74) is 2.36. The number of hydrogen-bond acceptors (Lipinski definition) is 4. The summed E-state index contributed by atoms with van der Waals surface area (Å²) in [7, 11) is 0. The number of para-hydroxylation sites is 1. The third-order valence-electron chi connectivity index (χ3n) is 4.49. The lowest BCUT2D eigenvalue weighted by molar-refractivity contribution is -0.122. The Bertz CT molecular complexity index is 1100. The van der Waals surface area contributed by atoms with E-state index in [-0.39, 0.29) is 18.4 Å². The molecule has 0 saturated carbocycles. The Morgan fingerprint density at radius 2 is 1.83 bits per heavy atom. The monoisotopic (exact) mass is 435 g/mol. The Balaban J connectivity index is 1.55. The number of thioether (sulfide) groups is 1. The van der Waals surface area contributed by atoms with Crippen molar-refractivity contribution in [2.24, 2.45) is 0 Å². The molecule has 0 fully saturated rings. The van der Waals surface area contributed by atoms with Crippen molar-refractivity contribution in [1.82, 2.24) is 10.3 Å². The van der Waals surface area contributed by atoms with Gasteiger partial charge in [0.1, 0.15) is 6.54 Å². The first-order chi connectivity index (χ1) is 14.6. The van der Waals surface area contributed by atoms with Crippen molar-refractivity contribution in [1.29, 1.82) is 0 Å². The number of carbonyl (C=O) groups excluding carboxylic acids is 2. The zero-order chi connectivity index (χ0) is 20.9. The van der Waals surface area contributed by atoms with E-state index >= 15 is 0 Å². The topological polar surface area (TPSA) is 62.3 Å². The van der Waals surface area contributed by atoms with Crippen molar-refractivity contribution in [3.05, 3.63) is 94.1 Å². The molecule has 0 radical (unpaired) electrons. The quantitative estimate of drug-likeness (QED) is 0.598. The zero-order valence-electron chi connectivity index (χ0n) is 15.9. The number of hydrogen-bond donors (Lipinski definition) is 1. The first-order valence-electron chi connectivity index (χ1n) is 9.33. The van der Waals surface area contributed by atoms with Gasteiger partial charge in [0, 0.05) is 16.1 Å². The smallest absolute Gasteiger partial charge is 0.265 e. The van der Waals surface area contributed by atoms with E-state index in [2.05, 4.69) is 10.3 Å². The Labute approximate surface area is 183 Å². The molecule has 0 saturated heterocycles. The number of aromatic nitrogens is 1. The molecular weight excluding hydrogens is 418 g/mol. The lowest BCUT2D eigenvalue weighted by atomic mass is 10.2. The van der Waals surface area contributed by atoms with E-state index in [0.717, 1.165) is 21.8 Å². The van der Waals surface area contributed by atoms with Gasteiger partial charge < -0.3 is 5.32 Å². The van der Waals surface area contributed by atoms with Crippen LogP contribution in [0.3, 0.4) is 0 Å². The average Bonchev–Trinajstić information content (AvgIpc) is 2.77. The fourth-order valence-corrected chi connectivity index (χ4v) is 4.21. The van der Waals surface area contributed by atoms with Gasteiger partial charge in [-0.25, -0.2) is 0 Å². The van der Waals surface area contributed by atoms with Gasteiger partial charge in [0.15, 0.2) is 0 Å². The third kappa shape index (κ3) is 4.72. The number of amides is 2. The summed E-state index contributed by atoms with van der Waals surface area (Å²) in [6.07, 6.45) is 3.50. The number of halogens is 1. The van der Waals surface area contributed by atoms with E-state index in [1.165, 1.54) is 16.7 Å². The summed E-state index contributed by atoms with van der Waals surface area (Å²) in [4.78, 5) is 32.9. The van der Waals surface area contributed by atoms with Crippen LogP contribution < -0.4 is 10.2 Å². The molecule has 0 bridgehead atoms. The highest BCUT2D eigenvalue weighted by atomic mass is 35.5. The van der Waals surface area contributed by atoms with Crippen LogP contribution in [0.15, 0.2) is 82.7 Å². The number of benzene rings is 2. The minimum Gasteiger partial charge on any atom is -0.349 e. The van der Waals surface area contributed by atoms with Crippen LogP contribution in [-0.2, 0) is 16.1 Å². The van der Waals surface area contributed by atoms with Crippen LogP contribution >= 0.6 is 23.4 Å². The first kappa shape index (κ1) is 20.2. The van der Waals surface area contributed by atoms with Gasteiger partial charge in [0.25, 0.3) is 5.91 Å². The Kier molecular flexibility index (Phi) is 6.16. The fourth-order valence-electron chi connectivity index (χ4n) is 3.02. The zero-order valence-corrected chi connectivity index (χ0v) is 17.5. The molecule has 3 aromatic rings. The lowest BCUT2D eigenvalue weighted by Gasteiger charge is -2.29. The molecule has 1 N–H and O–H groups in total. The van der Waals surface area contributed by atoms with Crippen LogP contribution in [0.5, 0.6) is 0 Å². The number of pyridine rings is 1. The molecule has 2 heterocycles. The number of rotatable bonds is 5. The lowest BCUT2D eigenvalue weighted by Crippen LogP contribution is -2.42. The van der Waals surface area contributed by atoms with E-state index in [0.29, 0.717) is 16.5 Å². The summed E-state index contributed by atoms with van der Waals surface area (Å²) in [5, 5.41) is 3.47. The molecule has 5 nitrogen and oxygen atoms in total. The number of fused-ring (bicyclic) bond motifs is 1. The van der Waals surface area contributed by atoms with Gasteiger partial charge in [0.05, 0.1) is 22.8 Å². The van der Waals surface area contributed by atoms with Crippen molar-refractivity contribution in [3.8, 4) is 0 Å². The molecule has 2 aromatic carbocycles. The van der Waals surface area contributed by atoms with Crippen molar-refractivity contribution in [2.45, 2.75) is 11.4 Å². The molecule has 0 spiro atoms. The maximum absolute atomic E-state index is 13.2. The average molecular weight is 436 g/mol. The first-order valence-corrected chi connectivity index (χ1v) is 10.5. The van der Waals surface area contributed by atoms with Crippen molar-refractivity contribution in [3.63, 3.8) is 0 Å². The second-order valence-electron chi connectivity index (χ2n) is 6.62. The highest BCUT2D eigenvalue weighted by molar-refractivity contribution is 8.04. The van der Waals surface area contributed by atoms with Crippen LogP contribution in [-0.4, -0.2) is 23.3 Å². The largest absolute Gasteiger partial charge is 0.349 e. The van der Waals surface area contributed by atoms with Crippen LogP contribution in [0.4, 0.5) is 5.69 Å². The number of nitrogens with one attached hydrogen (secondary N) is 1. The van der Waals surface area contributed by atoms with Gasteiger partial charge >= 0.3 is 0 Å². The molecule has 1 aromatic heterocycles. The number of nitrogens with zero attached hydrogens (tertiary/aromatic N) is 2. The summed E-state index contributed by atoms with van der Waals surface area (Å²) in [5.74, 6) is -0.455. The second kappa shape index (κ2) is 9.15. The van der Waals surface area contributed by atoms with Crippen LogP contribution in [0, 0.1) is 0 Å². The molecule has 0 unspecified atom stereocenters. The highest BCUT2D eigenvalue weighted by Gasteiger charge is 2.30. The molecule has 4 rings (SSSR count).